The van der Waals surface area contributed by atoms with Crippen molar-refractivity contribution < 1.29 is 0 Å². The van der Waals surface area contributed by atoms with Crippen LogP contribution in [0.3, 0.4) is 0 Å². The SMILES string of the molecule is CCCC(N)C#Cc1cncc(C#N)c1. The summed E-state index contributed by atoms with van der Waals surface area (Å²) in [5.74, 6) is 5.84. The van der Waals surface area contributed by atoms with Crippen molar-refractivity contribution in [3.8, 4) is 17.9 Å². The fourth-order valence-electron chi connectivity index (χ4n) is 1.13. The van der Waals surface area contributed by atoms with Crippen LogP contribution in [0.2, 0.25) is 0 Å². The molecule has 0 saturated heterocycles. The molecule has 0 aromatic carbocycles. The summed E-state index contributed by atoms with van der Waals surface area (Å²) in [6.07, 6.45) is 5.05. The molecule has 2 N–H and O–H groups in total. The van der Waals surface area contributed by atoms with Crippen molar-refractivity contribution in [1.82, 2.24) is 4.98 Å². The topological polar surface area (TPSA) is 62.7 Å². The van der Waals surface area contributed by atoms with Gasteiger partial charge in [0.25, 0.3) is 0 Å². The molecule has 1 atom stereocenters. The zero-order chi connectivity index (χ0) is 11.1. The Morgan fingerprint density at radius 3 is 2.87 bits per heavy atom. The molecule has 0 spiro atoms. The lowest BCUT2D eigenvalue weighted by Gasteiger charge is -1.98. The average molecular weight is 199 g/mol. The molecule has 0 aliphatic carbocycles. The van der Waals surface area contributed by atoms with Crippen LogP contribution in [0.25, 0.3) is 0 Å². The van der Waals surface area contributed by atoms with Gasteiger partial charge in [-0.05, 0) is 12.5 Å². The molecule has 3 heteroatoms. The predicted molar refractivity (Wildman–Crippen MR) is 58.7 cm³/mol. The fraction of sp³-hybridized carbons (Fsp3) is 0.333. The molecule has 0 aliphatic heterocycles. The molecule has 0 saturated carbocycles. The lowest BCUT2D eigenvalue weighted by atomic mass is 10.1. The van der Waals surface area contributed by atoms with Gasteiger partial charge in [-0.1, -0.05) is 25.2 Å². The molecule has 1 aromatic heterocycles. The number of nitrogens with zero attached hydrogens (tertiary/aromatic N) is 2. The first-order chi connectivity index (χ1) is 7.26. The Hall–Kier alpha value is -1.84. The van der Waals surface area contributed by atoms with Crippen LogP contribution >= 0.6 is 0 Å². The van der Waals surface area contributed by atoms with E-state index in [1.54, 1.807) is 12.3 Å². The largest absolute Gasteiger partial charge is 0.318 e. The van der Waals surface area contributed by atoms with Crippen LogP contribution in [-0.4, -0.2) is 11.0 Å². The number of aromatic nitrogens is 1. The number of hydrogen-bond donors (Lipinski definition) is 1. The van der Waals surface area contributed by atoms with Crippen LogP contribution in [0.15, 0.2) is 18.5 Å². The van der Waals surface area contributed by atoms with Crippen LogP contribution < -0.4 is 5.73 Å². The van der Waals surface area contributed by atoms with E-state index in [9.17, 15) is 0 Å². The van der Waals surface area contributed by atoms with Gasteiger partial charge >= 0.3 is 0 Å². The Balaban J connectivity index is 2.76. The molecule has 0 amide bonds. The highest BCUT2D eigenvalue weighted by Gasteiger charge is 1.95. The van der Waals surface area contributed by atoms with Gasteiger partial charge in [-0.25, -0.2) is 0 Å². The van der Waals surface area contributed by atoms with E-state index in [0.717, 1.165) is 18.4 Å². The molecule has 0 fully saturated rings. The summed E-state index contributed by atoms with van der Waals surface area (Å²) in [5.41, 5.74) is 7.00. The van der Waals surface area contributed by atoms with Gasteiger partial charge in [-0.2, -0.15) is 5.26 Å². The van der Waals surface area contributed by atoms with Crippen molar-refractivity contribution in [2.24, 2.45) is 5.73 Å². The van der Waals surface area contributed by atoms with Crippen molar-refractivity contribution in [3.05, 3.63) is 29.6 Å². The lowest BCUT2D eigenvalue weighted by Crippen LogP contribution is -2.16. The maximum Gasteiger partial charge on any atom is 0.101 e. The third-order valence-electron chi connectivity index (χ3n) is 1.87. The van der Waals surface area contributed by atoms with Crippen molar-refractivity contribution in [2.45, 2.75) is 25.8 Å². The fourth-order valence-corrected chi connectivity index (χ4v) is 1.13. The van der Waals surface area contributed by atoms with E-state index in [-0.39, 0.29) is 6.04 Å². The van der Waals surface area contributed by atoms with Crippen molar-refractivity contribution in [1.29, 1.82) is 5.26 Å². The average Bonchev–Trinajstić information content (AvgIpc) is 2.27. The molecule has 1 aromatic rings. The monoisotopic (exact) mass is 199 g/mol. The Bertz CT molecular complexity index is 420. The van der Waals surface area contributed by atoms with Gasteiger partial charge in [-0.15, -0.1) is 0 Å². The summed E-state index contributed by atoms with van der Waals surface area (Å²) in [5, 5.41) is 8.66. The van der Waals surface area contributed by atoms with E-state index in [1.165, 1.54) is 6.20 Å². The van der Waals surface area contributed by atoms with Gasteiger partial charge in [0.15, 0.2) is 0 Å². The maximum absolute atomic E-state index is 8.66. The minimum Gasteiger partial charge on any atom is -0.318 e. The molecule has 1 unspecified atom stereocenters. The van der Waals surface area contributed by atoms with Crippen molar-refractivity contribution in [3.63, 3.8) is 0 Å². The molecular weight excluding hydrogens is 186 g/mol. The third-order valence-corrected chi connectivity index (χ3v) is 1.87. The summed E-state index contributed by atoms with van der Waals surface area (Å²) >= 11 is 0. The van der Waals surface area contributed by atoms with E-state index < -0.39 is 0 Å². The second-order valence-corrected chi connectivity index (χ2v) is 3.24. The number of hydrogen-bond acceptors (Lipinski definition) is 3. The van der Waals surface area contributed by atoms with E-state index >= 15 is 0 Å². The quantitative estimate of drug-likeness (QED) is 0.733. The van der Waals surface area contributed by atoms with Gasteiger partial charge < -0.3 is 5.73 Å². The Labute approximate surface area is 89.9 Å². The summed E-state index contributed by atoms with van der Waals surface area (Å²) < 4.78 is 0. The lowest BCUT2D eigenvalue weighted by molar-refractivity contribution is 0.720. The molecule has 15 heavy (non-hydrogen) atoms. The van der Waals surface area contributed by atoms with Crippen LogP contribution in [-0.2, 0) is 0 Å². The van der Waals surface area contributed by atoms with E-state index in [1.807, 2.05) is 6.07 Å². The second-order valence-electron chi connectivity index (χ2n) is 3.24. The van der Waals surface area contributed by atoms with Crippen LogP contribution in [0.1, 0.15) is 30.9 Å². The minimum atomic E-state index is -0.0965. The van der Waals surface area contributed by atoms with Crippen LogP contribution in [0, 0.1) is 23.2 Å². The zero-order valence-electron chi connectivity index (χ0n) is 8.70. The summed E-state index contributed by atoms with van der Waals surface area (Å²) in [6, 6.07) is 3.63. The molecule has 1 heterocycles. The van der Waals surface area contributed by atoms with Gasteiger partial charge in [0.1, 0.15) is 6.07 Å². The first kappa shape index (κ1) is 11.2. The summed E-state index contributed by atoms with van der Waals surface area (Å²) in [6.45, 7) is 2.07. The first-order valence-corrected chi connectivity index (χ1v) is 4.88. The summed E-state index contributed by atoms with van der Waals surface area (Å²) in [7, 11) is 0. The highest BCUT2D eigenvalue weighted by atomic mass is 14.6. The summed E-state index contributed by atoms with van der Waals surface area (Å²) in [4.78, 5) is 3.91. The predicted octanol–water partition coefficient (Wildman–Crippen LogP) is 1.43. The maximum atomic E-state index is 8.66. The van der Waals surface area contributed by atoms with Crippen molar-refractivity contribution >= 4 is 0 Å². The Kier molecular flexibility index (Phi) is 4.34. The van der Waals surface area contributed by atoms with Crippen LogP contribution in [0.4, 0.5) is 0 Å². The van der Waals surface area contributed by atoms with Gasteiger partial charge in [0.2, 0.25) is 0 Å². The van der Waals surface area contributed by atoms with E-state index in [2.05, 4.69) is 23.7 Å². The van der Waals surface area contributed by atoms with Crippen LogP contribution in [0.5, 0.6) is 0 Å². The molecule has 1 rings (SSSR count). The van der Waals surface area contributed by atoms with E-state index in [0.29, 0.717) is 5.56 Å². The molecule has 0 bridgehead atoms. The second kappa shape index (κ2) is 5.80. The first-order valence-electron chi connectivity index (χ1n) is 4.88. The van der Waals surface area contributed by atoms with Crippen molar-refractivity contribution in [2.75, 3.05) is 0 Å². The number of rotatable bonds is 2. The van der Waals surface area contributed by atoms with Gasteiger partial charge in [-0.3, -0.25) is 4.98 Å². The molecule has 76 valence electrons. The van der Waals surface area contributed by atoms with E-state index in [4.69, 9.17) is 11.0 Å². The molecule has 0 radical (unpaired) electrons. The number of pyridine rings is 1. The minimum absolute atomic E-state index is 0.0965. The highest BCUT2D eigenvalue weighted by molar-refractivity contribution is 5.39. The highest BCUT2D eigenvalue weighted by Crippen LogP contribution is 1.99. The molecule has 0 aliphatic rings. The Morgan fingerprint density at radius 1 is 1.47 bits per heavy atom. The molecule has 3 nitrogen and oxygen atoms in total. The van der Waals surface area contributed by atoms with Gasteiger partial charge in [0, 0.05) is 18.0 Å². The molecular formula is C12H13N3. The number of nitrogens with two attached hydrogens (primary N) is 1. The normalized spacial score (nSPS) is 11.0. The third kappa shape index (κ3) is 3.81. The standard InChI is InChI=1S/C12H13N3/c1-2-3-12(14)5-4-10-6-11(7-13)9-15-8-10/h6,8-9,12H,2-3,14H2,1H3. The smallest absolute Gasteiger partial charge is 0.101 e. The van der Waals surface area contributed by atoms with Gasteiger partial charge in [0.05, 0.1) is 11.6 Å². The Morgan fingerprint density at radius 2 is 2.20 bits per heavy atom. The zero-order valence-corrected chi connectivity index (χ0v) is 8.70. The number of nitriles is 1.